The average Bonchev–Trinajstić information content (AvgIpc) is 2.54. The molecule has 0 saturated heterocycles. The second-order valence-electron chi connectivity index (χ2n) is 4.19. The molecule has 0 spiro atoms. The Labute approximate surface area is 140 Å². The molecule has 0 fully saturated rings. The van der Waals surface area contributed by atoms with Crippen molar-refractivity contribution < 1.29 is 23.1 Å². The van der Waals surface area contributed by atoms with Crippen LogP contribution < -0.4 is 9.95 Å². The molecule has 0 bridgehead atoms. The van der Waals surface area contributed by atoms with E-state index >= 15 is 0 Å². The Kier molecular flexibility index (Phi) is 8.76. The summed E-state index contributed by atoms with van der Waals surface area (Å²) in [5.41, 5.74) is 2.73. The molecule has 0 radical (unpaired) electrons. The minimum atomic E-state index is -3.30. The number of carbonyl (C=O) groups is 1. The summed E-state index contributed by atoms with van der Waals surface area (Å²) >= 11 is 1.16. The Bertz CT molecular complexity index is 582. The highest BCUT2D eigenvalue weighted by atomic mass is 32.7. The first-order valence-electron chi connectivity index (χ1n) is 7.09. The van der Waals surface area contributed by atoms with Gasteiger partial charge in [-0.25, -0.2) is 14.8 Å². The maximum atomic E-state index is 12.7. The zero-order chi connectivity index (χ0) is 17.1. The monoisotopic (exact) mass is 360 g/mol. The Balaban J connectivity index is 2.90. The van der Waals surface area contributed by atoms with Crippen LogP contribution >= 0.6 is 18.2 Å². The van der Waals surface area contributed by atoms with Gasteiger partial charge in [0.05, 0.1) is 19.9 Å². The highest BCUT2D eigenvalue weighted by Gasteiger charge is 2.27. The fourth-order valence-electron chi connectivity index (χ4n) is 1.44. The van der Waals surface area contributed by atoms with Gasteiger partial charge in [0.2, 0.25) is 0 Å². The summed E-state index contributed by atoms with van der Waals surface area (Å²) in [6, 6.07) is 6.91. The SMILES string of the molecule is CCCSP(=O)(OCC)Oc1ccccc1C=NNC(=O)OC. The van der Waals surface area contributed by atoms with Crippen LogP contribution in [0.3, 0.4) is 0 Å². The van der Waals surface area contributed by atoms with Crippen molar-refractivity contribution in [3.05, 3.63) is 29.8 Å². The number of carbonyl (C=O) groups excluding carboxylic acids is 1. The first-order chi connectivity index (χ1) is 11.0. The molecule has 1 aromatic rings. The molecule has 0 saturated carbocycles. The van der Waals surface area contributed by atoms with Gasteiger partial charge in [-0.2, -0.15) is 5.10 Å². The average molecular weight is 360 g/mol. The Morgan fingerprint density at radius 3 is 2.78 bits per heavy atom. The second-order valence-corrected chi connectivity index (χ2v) is 8.31. The van der Waals surface area contributed by atoms with Crippen molar-refractivity contribution in [3.63, 3.8) is 0 Å². The van der Waals surface area contributed by atoms with Crippen LogP contribution in [0, 0.1) is 0 Å². The van der Waals surface area contributed by atoms with Crippen LogP contribution in [0.4, 0.5) is 4.79 Å². The molecule has 1 N–H and O–H groups in total. The summed E-state index contributed by atoms with van der Waals surface area (Å²) in [5, 5.41) is 3.74. The normalized spacial score (nSPS) is 13.5. The van der Waals surface area contributed by atoms with Crippen LogP contribution in [-0.2, 0) is 13.8 Å². The predicted molar refractivity (Wildman–Crippen MR) is 92.2 cm³/mol. The van der Waals surface area contributed by atoms with Crippen LogP contribution in [0.1, 0.15) is 25.8 Å². The van der Waals surface area contributed by atoms with Gasteiger partial charge in [-0.15, -0.1) is 0 Å². The van der Waals surface area contributed by atoms with E-state index in [0.717, 1.165) is 17.8 Å². The molecule has 1 unspecified atom stereocenters. The lowest BCUT2D eigenvalue weighted by Crippen LogP contribution is -2.16. The van der Waals surface area contributed by atoms with Crippen molar-refractivity contribution in [1.82, 2.24) is 5.43 Å². The molecule has 0 aliphatic rings. The van der Waals surface area contributed by atoms with Gasteiger partial charge in [0.25, 0.3) is 0 Å². The van der Waals surface area contributed by atoms with E-state index in [4.69, 9.17) is 9.05 Å². The number of amides is 1. The standard InChI is InChI=1S/C14H21N2O5PS/c1-4-10-23-22(18,20-5-2)21-13-9-7-6-8-12(13)11-15-16-14(17)19-3/h6-9,11H,4-5,10H2,1-3H3,(H,16,17). The lowest BCUT2D eigenvalue weighted by Gasteiger charge is -2.18. The molecule has 0 aliphatic heterocycles. The second kappa shape index (κ2) is 10.3. The minimum absolute atomic E-state index is 0.286. The van der Waals surface area contributed by atoms with Gasteiger partial charge in [-0.1, -0.05) is 19.1 Å². The smallest absolute Gasteiger partial charge is 0.440 e. The highest BCUT2D eigenvalue weighted by molar-refractivity contribution is 8.55. The number of hydrogen-bond acceptors (Lipinski definition) is 7. The van der Waals surface area contributed by atoms with Crippen LogP contribution in [0.2, 0.25) is 0 Å². The van der Waals surface area contributed by atoms with E-state index in [1.165, 1.54) is 13.3 Å². The van der Waals surface area contributed by atoms with E-state index in [-0.39, 0.29) is 6.61 Å². The van der Waals surface area contributed by atoms with E-state index in [1.54, 1.807) is 31.2 Å². The van der Waals surface area contributed by atoms with Gasteiger partial charge in [-0.3, -0.25) is 4.52 Å². The molecule has 0 aliphatic carbocycles. The first kappa shape index (κ1) is 19.5. The van der Waals surface area contributed by atoms with Crippen LogP contribution in [0.5, 0.6) is 5.75 Å². The number of methoxy groups -OCH3 is 1. The molecule has 0 heterocycles. The first-order valence-corrected chi connectivity index (χ1v) is 10.2. The fourth-order valence-corrected chi connectivity index (χ4v) is 4.91. The maximum Gasteiger partial charge on any atom is 0.440 e. The number of para-hydroxylation sites is 1. The van der Waals surface area contributed by atoms with Gasteiger partial charge in [0.15, 0.2) is 0 Å². The van der Waals surface area contributed by atoms with Gasteiger partial charge in [0.1, 0.15) is 5.75 Å². The maximum absolute atomic E-state index is 12.7. The summed E-state index contributed by atoms with van der Waals surface area (Å²) in [6.45, 7) is 0.736. The molecule has 9 heteroatoms. The largest absolute Gasteiger partial charge is 0.452 e. The van der Waals surface area contributed by atoms with Gasteiger partial charge in [-0.05, 0) is 36.9 Å². The molecule has 1 amide bonds. The van der Waals surface area contributed by atoms with Crippen molar-refractivity contribution in [1.29, 1.82) is 0 Å². The van der Waals surface area contributed by atoms with Crippen molar-refractivity contribution in [2.75, 3.05) is 19.5 Å². The number of nitrogens with zero attached hydrogens (tertiary/aromatic N) is 1. The van der Waals surface area contributed by atoms with Crippen LogP contribution in [-0.4, -0.2) is 31.8 Å². The van der Waals surface area contributed by atoms with Gasteiger partial charge < -0.3 is 9.26 Å². The van der Waals surface area contributed by atoms with E-state index in [9.17, 15) is 9.36 Å². The highest BCUT2D eigenvalue weighted by Crippen LogP contribution is 2.60. The third-order valence-electron chi connectivity index (χ3n) is 2.41. The number of nitrogens with one attached hydrogen (secondary N) is 1. The third-order valence-corrected chi connectivity index (χ3v) is 6.35. The van der Waals surface area contributed by atoms with Gasteiger partial charge in [0, 0.05) is 11.3 Å². The van der Waals surface area contributed by atoms with E-state index in [2.05, 4.69) is 15.3 Å². The van der Waals surface area contributed by atoms with Crippen molar-refractivity contribution in [3.8, 4) is 5.75 Å². The molecule has 23 heavy (non-hydrogen) atoms. The van der Waals surface area contributed by atoms with Crippen molar-refractivity contribution >= 4 is 30.5 Å². The van der Waals surface area contributed by atoms with E-state index < -0.39 is 12.9 Å². The van der Waals surface area contributed by atoms with E-state index in [0.29, 0.717) is 17.1 Å². The van der Waals surface area contributed by atoms with E-state index in [1.807, 2.05) is 6.92 Å². The summed E-state index contributed by atoms with van der Waals surface area (Å²) in [6.07, 6.45) is 1.56. The molecule has 1 rings (SSSR count). The molecule has 1 atom stereocenters. The topological polar surface area (TPSA) is 86.2 Å². The Hall–Kier alpha value is -1.50. The Morgan fingerprint density at radius 2 is 2.13 bits per heavy atom. The summed E-state index contributed by atoms with van der Waals surface area (Å²) in [5.74, 6) is 1.03. The quantitative estimate of drug-likeness (QED) is 0.406. The molecular weight excluding hydrogens is 339 g/mol. The molecule has 0 aromatic heterocycles. The van der Waals surface area contributed by atoms with Crippen LogP contribution in [0.15, 0.2) is 29.4 Å². The number of hydrogen-bond donors (Lipinski definition) is 1. The fraction of sp³-hybridized carbons (Fsp3) is 0.429. The lowest BCUT2D eigenvalue weighted by molar-refractivity contribution is 0.171. The number of hydrazone groups is 1. The summed E-state index contributed by atoms with van der Waals surface area (Å²) in [7, 11) is 1.24. The van der Waals surface area contributed by atoms with Crippen LogP contribution in [0.25, 0.3) is 0 Å². The third kappa shape index (κ3) is 7.07. The zero-order valence-electron chi connectivity index (χ0n) is 13.4. The summed E-state index contributed by atoms with van der Waals surface area (Å²) < 4.78 is 28.1. The number of benzene rings is 1. The lowest BCUT2D eigenvalue weighted by atomic mass is 10.2. The van der Waals surface area contributed by atoms with Crippen molar-refractivity contribution in [2.45, 2.75) is 20.3 Å². The molecule has 1 aromatic carbocycles. The minimum Gasteiger partial charge on any atom is -0.452 e. The number of ether oxygens (including phenoxy) is 1. The summed E-state index contributed by atoms with van der Waals surface area (Å²) in [4.78, 5) is 11.0. The zero-order valence-corrected chi connectivity index (χ0v) is 15.1. The Morgan fingerprint density at radius 1 is 1.39 bits per heavy atom. The number of rotatable bonds is 9. The predicted octanol–water partition coefficient (Wildman–Crippen LogP) is 4.04. The van der Waals surface area contributed by atoms with Gasteiger partial charge >= 0.3 is 12.9 Å². The van der Waals surface area contributed by atoms with Crippen molar-refractivity contribution in [2.24, 2.45) is 5.10 Å². The molecular formula is C14H21N2O5PS. The molecule has 128 valence electrons. The molecule has 7 nitrogen and oxygen atoms in total.